The van der Waals surface area contributed by atoms with E-state index < -0.39 is 0 Å². The van der Waals surface area contributed by atoms with Crippen molar-refractivity contribution in [2.75, 3.05) is 18.0 Å². The van der Waals surface area contributed by atoms with Crippen LogP contribution in [0.15, 0.2) is 18.3 Å². The van der Waals surface area contributed by atoms with Crippen LogP contribution in [0.4, 0.5) is 5.82 Å². The molecule has 5 heteroatoms. The number of nitrogens with zero attached hydrogens (tertiary/aromatic N) is 2. The molecule has 5 nitrogen and oxygen atoms in total. The summed E-state index contributed by atoms with van der Waals surface area (Å²) < 4.78 is 0. The fraction of sp³-hybridized carbons (Fsp3) is 0.625. The van der Waals surface area contributed by atoms with Crippen LogP contribution in [-0.4, -0.2) is 30.0 Å². The highest BCUT2D eigenvalue weighted by Gasteiger charge is 2.22. The van der Waals surface area contributed by atoms with E-state index in [2.05, 4.69) is 27.3 Å². The van der Waals surface area contributed by atoms with Gasteiger partial charge in [0.05, 0.1) is 0 Å². The van der Waals surface area contributed by atoms with E-state index in [1.165, 1.54) is 18.4 Å². The zero-order valence-corrected chi connectivity index (χ0v) is 12.4. The Morgan fingerprint density at radius 2 is 2.05 bits per heavy atom. The lowest BCUT2D eigenvalue weighted by Crippen LogP contribution is -2.35. The zero-order valence-electron chi connectivity index (χ0n) is 12.4. The molecule has 1 amide bonds. The highest BCUT2D eigenvalue weighted by molar-refractivity contribution is 5.74. The Morgan fingerprint density at radius 3 is 2.62 bits per heavy atom. The van der Waals surface area contributed by atoms with Crippen molar-refractivity contribution in [2.45, 2.75) is 44.7 Å². The summed E-state index contributed by atoms with van der Waals surface area (Å²) in [5.41, 5.74) is 6.51. The van der Waals surface area contributed by atoms with Gasteiger partial charge in [-0.2, -0.15) is 0 Å². The van der Waals surface area contributed by atoms with Crippen molar-refractivity contribution in [3.63, 3.8) is 0 Å². The molecule has 3 N–H and O–H groups in total. The number of aromatic nitrogens is 1. The first-order valence-corrected chi connectivity index (χ1v) is 7.92. The van der Waals surface area contributed by atoms with E-state index in [4.69, 9.17) is 5.73 Å². The summed E-state index contributed by atoms with van der Waals surface area (Å²) in [4.78, 5) is 17.8. The minimum atomic E-state index is -0.181. The summed E-state index contributed by atoms with van der Waals surface area (Å²) in [6.07, 6.45) is 7.16. The van der Waals surface area contributed by atoms with Gasteiger partial charge in [-0.3, -0.25) is 4.79 Å². The number of carbonyl (C=O) groups is 1. The molecule has 21 heavy (non-hydrogen) atoms. The Bertz CT molecular complexity index is 476. The first kappa shape index (κ1) is 14.3. The number of amides is 1. The van der Waals surface area contributed by atoms with Gasteiger partial charge in [-0.05, 0) is 43.2 Å². The standard InChI is InChI=1S/C16H24N4O/c17-15(21)9-12-5-7-20(8-6-12)16-4-1-13(11-19-16)10-18-14-2-3-14/h1,4,11-12,14,18H,2-3,5-10H2,(H2,17,21). The molecule has 0 spiro atoms. The van der Waals surface area contributed by atoms with E-state index in [0.29, 0.717) is 12.3 Å². The van der Waals surface area contributed by atoms with Crippen LogP contribution in [0.1, 0.15) is 37.7 Å². The smallest absolute Gasteiger partial charge is 0.217 e. The lowest BCUT2D eigenvalue weighted by Gasteiger charge is -2.32. The molecule has 0 radical (unpaired) electrons. The maximum absolute atomic E-state index is 11.0. The summed E-state index contributed by atoms with van der Waals surface area (Å²) in [6, 6.07) is 5.00. The predicted octanol–water partition coefficient (Wildman–Crippen LogP) is 1.43. The molecule has 2 heterocycles. The Balaban J connectivity index is 1.49. The molecule has 0 unspecified atom stereocenters. The van der Waals surface area contributed by atoms with Crippen LogP contribution in [0.5, 0.6) is 0 Å². The Hall–Kier alpha value is -1.62. The van der Waals surface area contributed by atoms with Gasteiger partial charge in [-0.15, -0.1) is 0 Å². The molecule has 114 valence electrons. The first-order valence-electron chi connectivity index (χ1n) is 7.92. The molecular weight excluding hydrogens is 264 g/mol. The SMILES string of the molecule is NC(=O)CC1CCN(c2ccc(CNC3CC3)cn2)CC1. The minimum Gasteiger partial charge on any atom is -0.370 e. The average molecular weight is 288 g/mol. The second kappa shape index (κ2) is 6.43. The quantitative estimate of drug-likeness (QED) is 0.830. The summed E-state index contributed by atoms with van der Waals surface area (Å²) in [6.45, 7) is 2.84. The van der Waals surface area contributed by atoms with Gasteiger partial charge in [0, 0.05) is 38.3 Å². The monoisotopic (exact) mass is 288 g/mol. The van der Waals surface area contributed by atoms with Gasteiger partial charge in [-0.25, -0.2) is 4.98 Å². The molecule has 0 atom stereocenters. The molecule has 1 aromatic heterocycles. The number of nitrogens with two attached hydrogens (primary N) is 1. The minimum absolute atomic E-state index is 0.181. The Morgan fingerprint density at radius 1 is 1.29 bits per heavy atom. The molecule has 2 fully saturated rings. The number of nitrogens with one attached hydrogen (secondary N) is 1. The Labute approximate surface area is 125 Å². The van der Waals surface area contributed by atoms with E-state index in [1.54, 1.807) is 0 Å². The number of carbonyl (C=O) groups excluding carboxylic acids is 1. The van der Waals surface area contributed by atoms with Crippen LogP contribution < -0.4 is 16.0 Å². The summed E-state index contributed by atoms with van der Waals surface area (Å²) in [7, 11) is 0. The van der Waals surface area contributed by atoms with Gasteiger partial charge in [0.25, 0.3) is 0 Å². The van der Waals surface area contributed by atoms with Crippen LogP contribution in [0.3, 0.4) is 0 Å². The van der Waals surface area contributed by atoms with Gasteiger partial charge < -0.3 is 16.0 Å². The van der Waals surface area contributed by atoms with Crippen LogP contribution in [0, 0.1) is 5.92 Å². The number of anilines is 1. The van der Waals surface area contributed by atoms with E-state index in [1.807, 2.05) is 6.20 Å². The van der Waals surface area contributed by atoms with Crippen molar-refractivity contribution in [2.24, 2.45) is 11.7 Å². The van der Waals surface area contributed by atoms with Gasteiger partial charge >= 0.3 is 0 Å². The highest BCUT2D eigenvalue weighted by atomic mass is 16.1. The lowest BCUT2D eigenvalue weighted by molar-refractivity contribution is -0.119. The third kappa shape index (κ3) is 4.17. The molecule has 2 aliphatic rings. The molecule has 0 bridgehead atoms. The maximum atomic E-state index is 11.0. The van der Waals surface area contributed by atoms with Crippen LogP contribution in [0.25, 0.3) is 0 Å². The fourth-order valence-electron chi connectivity index (χ4n) is 2.91. The van der Waals surface area contributed by atoms with E-state index in [0.717, 1.165) is 44.3 Å². The van der Waals surface area contributed by atoms with Crippen LogP contribution in [0.2, 0.25) is 0 Å². The number of hydrogen-bond acceptors (Lipinski definition) is 4. The molecule has 1 aliphatic carbocycles. The summed E-state index contributed by atoms with van der Waals surface area (Å²) in [5.74, 6) is 1.31. The predicted molar refractivity (Wildman–Crippen MR) is 82.8 cm³/mol. The van der Waals surface area contributed by atoms with Gasteiger partial charge in [0.2, 0.25) is 5.91 Å². The number of pyridine rings is 1. The lowest BCUT2D eigenvalue weighted by atomic mass is 9.93. The summed E-state index contributed by atoms with van der Waals surface area (Å²) in [5, 5.41) is 3.50. The molecule has 1 saturated heterocycles. The van der Waals surface area contributed by atoms with Gasteiger partial charge in [0.15, 0.2) is 0 Å². The van der Waals surface area contributed by atoms with Crippen LogP contribution >= 0.6 is 0 Å². The van der Waals surface area contributed by atoms with Crippen molar-refractivity contribution in [3.05, 3.63) is 23.9 Å². The third-order valence-electron chi connectivity index (χ3n) is 4.41. The second-order valence-corrected chi connectivity index (χ2v) is 6.28. The van der Waals surface area contributed by atoms with Gasteiger partial charge in [0.1, 0.15) is 5.82 Å². The Kier molecular flexibility index (Phi) is 4.39. The molecule has 3 rings (SSSR count). The number of hydrogen-bond donors (Lipinski definition) is 2. The van der Waals surface area contributed by atoms with E-state index >= 15 is 0 Å². The summed E-state index contributed by atoms with van der Waals surface area (Å²) >= 11 is 0. The maximum Gasteiger partial charge on any atom is 0.217 e. The fourth-order valence-corrected chi connectivity index (χ4v) is 2.91. The largest absolute Gasteiger partial charge is 0.370 e. The van der Waals surface area contributed by atoms with Gasteiger partial charge in [-0.1, -0.05) is 6.07 Å². The average Bonchev–Trinajstić information content (AvgIpc) is 3.30. The van der Waals surface area contributed by atoms with E-state index in [-0.39, 0.29) is 5.91 Å². The topological polar surface area (TPSA) is 71.2 Å². The van der Waals surface area contributed by atoms with Crippen molar-refractivity contribution in [1.29, 1.82) is 0 Å². The molecular formula is C16H24N4O. The zero-order chi connectivity index (χ0) is 14.7. The number of primary amides is 1. The number of rotatable bonds is 6. The normalized spacial score (nSPS) is 19.7. The van der Waals surface area contributed by atoms with Crippen molar-refractivity contribution in [1.82, 2.24) is 10.3 Å². The highest BCUT2D eigenvalue weighted by Crippen LogP contribution is 2.24. The second-order valence-electron chi connectivity index (χ2n) is 6.28. The van der Waals surface area contributed by atoms with E-state index in [9.17, 15) is 4.79 Å². The molecule has 0 aromatic carbocycles. The van der Waals surface area contributed by atoms with Crippen molar-refractivity contribution >= 4 is 11.7 Å². The van der Waals surface area contributed by atoms with Crippen molar-refractivity contribution < 1.29 is 4.79 Å². The third-order valence-corrected chi connectivity index (χ3v) is 4.41. The molecule has 1 saturated carbocycles. The van der Waals surface area contributed by atoms with Crippen molar-refractivity contribution in [3.8, 4) is 0 Å². The first-order chi connectivity index (χ1) is 10.2. The van der Waals surface area contributed by atoms with Crippen LogP contribution in [-0.2, 0) is 11.3 Å². The molecule has 1 aromatic rings. The molecule has 1 aliphatic heterocycles. The number of piperidine rings is 1.